The molecule has 2 heterocycles. The quantitative estimate of drug-likeness (QED) is 0.883. The molecule has 0 radical (unpaired) electrons. The molecular formula is C12H15N3S. The van der Waals surface area contributed by atoms with Gasteiger partial charge < -0.3 is 5.32 Å². The van der Waals surface area contributed by atoms with E-state index in [2.05, 4.69) is 29.1 Å². The second kappa shape index (κ2) is 4.61. The number of aryl methyl sites for hydroxylation is 2. The number of nitrogens with zero attached hydrogens (tertiary/aromatic N) is 2. The first-order chi connectivity index (χ1) is 7.66. The molecule has 1 unspecified atom stereocenters. The van der Waals surface area contributed by atoms with Crippen molar-refractivity contribution >= 4 is 17.0 Å². The summed E-state index contributed by atoms with van der Waals surface area (Å²) in [5.74, 6) is 0. The third kappa shape index (κ3) is 2.39. The molecule has 0 spiro atoms. The topological polar surface area (TPSA) is 37.8 Å². The maximum Gasteiger partial charge on any atom is 0.0901 e. The Morgan fingerprint density at radius 1 is 1.38 bits per heavy atom. The third-order valence-corrected chi connectivity index (χ3v) is 3.30. The normalized spacial score (nSPS) is 12.4. The van der Waals surface area contributed by atoms with Crippen molar-refractivity contribution in [3.05, 3.63) is 40.1 Å². The van der Waals surface area contributed by atoms with Crippen molar-refractivity contribution in [1.82, 2.24) is 9.97 Å². The van der Waals surface area contributed by atoms with E-state index in [4.69, 9.17) is 0 Å². The van der Waals surface area contributed by atoms with Crippen LogP contribution in [0.3, 0.4) is 0 Å². The zero-order valence-corrected chi connectivity index (χ0v) is 10.5. The van der Waals surface area contributed by atoms with Crippen molar-refractivity contribution in [1.29, 1.82) is 0 Å². The molecule has 84 valence electrons. The van der Waals surface area contributed by atoms with Crippen molar-refractivity contribution < 1.29 is 0 Å². The molecule has 0 bridgehead atoms. The van der Waals surface area contributed by atoms with E-state index in [0.29, 0.717) is 0 Å². The molecule has 0 saturated carbocycles. The van der Waals surface area contributed by atoms with Crippen LogP contribution in [0.2, 0.25) is 0 Å². The Labute approximate surface area is 99.6 Å². The van der Waals surface area contributed by atoms with Gasteiger partial charge in [-0.1, -0.05) is 0 Å². The molecule has 0 aliphatic rings. The van der Waals surface area contributed by atoms with Gasteiger partial charge in [-0.05, 0) is 32.9 Å². The molecule has 1 N–H and O–H groups in total. The number of rotatable bonds is 3. The molecule has 3 nitrogen and oxygen atoms in total. The van der Waals surface area contributed by atoms with Crippen LogP contribution in [0.25, 0.3) is 0 Å². The Bertz CT molecular complexity index is 464. The van der Waals surface area contributed by atoms with Crippen LogP contribution in [0, 0.1) is 13.8 Å². The first-order valence-corrected chi connectivity index (χ1v) is 6.09. The second-order valence-corrected chi connectivity index (χ2v) is 5.19. The van der Waals surface area contributed by atoms with E-state index >= 15 is 0 Å². The highest BCUT2D eigenvalue weighted by molar-refractivity contribution is 7.11. The molecule has 2 aromatic heterocycles. The Balaban J connectivity index is 2.14. The fraction of sp³-hybridized carbons (Fsp3) is 0.333. The lowest BCUT2D eigenvalue weighted by Crippen LogP contribution is -2.08. The zero-order valence-electron chi connectivity index (χ0n) is 9.69. The van der Waals surface area contributed by atoms with Crippen molar-refractivity contribution in [3.63, 3.8) is 0 Å². The lowest BCUT2D eigenvalue weighted by Gasteiger charge is -2.13. The van der Waals surface area contributed by atoms with Crippen LogP contribution in [0.5, 0.6) is 0 Å². The van der Waals surface area contributed by atoms with Crippen molar-refractivity contribution in [2.75, 3.05) is 5.32 Å². The van der Waals surface area contributed by atoms with Gasteiger partial charge in [-0.15, -0.1) is 11.3 Å². The summed E-state index contributed by atoms with van der Waals surface area (Å²) in [6.45, 7) is 6.27. The van der Waals surface area contributed by atoms with Crippen molar-refractivity contribution in [2.24, 2.45) is 0 Å². The van der Waals surface area contributed by atoms with Gasteiger partial charge in [-0.2, -0.15) is 0 Å². The van der Waals surface area contributed by atoms with E-state index in [0.717, 1.165) is 16.4 Å². The molecule has 1 atom stereocenters. The van der Waals surface area contributed by atoms with Gasteiger partial charge in [0.05, 0.1) is 22.4 Å². The highest BCUT2D eigenvalue weighted by atomic mass is 32.1. The average Bonchev–Trinajstić information content (AvgIpc) is 2.59. The number of anilines is 1. The minimum Gasteiger partial charge on any atom is -0.376 e. The summed E-state index contributed by atoms with van der Waals surface area (Å²) in [6.07, 6.45) is 3.60. The fourth-order valence-electron chi connectivity index (χ4n) is 1.71. The summed E-state index contributed by atoms with van der Waals surface area (Å²) in [4.78, 5) is 9.90. The molecule has 16 heavy (non-hydrogen) atoms. The summed E-state index contributed by atoms with van der Waals surface area (Å²) in [5, 5.41) is 4.51. The second-order valence-electron chi connectivity index (χ2n) is 3.78. The molecule has 0 aliphatic carbocycles. The largest absolute Gasteiger partial charge is 0.376 e. The average molecular weight is 233 g/mol. The van der Waals surface area contributed by atoms with Gasteiger partial charge in [-0.3, -0.25) is 4.98 Å². The molecule has 0 fully saturated rings. The highest BCUT2D eigenvalue weighted by Crippen LogP contribution is 2.24. The Kier molecular flexibility index (Phi) is 3.19. The van der Waals surface area contributed by atoms with Gasteiger partial charge in [0.15, 0.2) is 0 Å². The zero-order chi connectivity index (χ0) is 11.5. The van der Waals surface area contributed by atoms with E-state index in [-0.39, 0.29) is 6.04 Å². The van der Waals surface area contributed by atoms with E-state index in [1.165, 1.54) is 4.88 Å². The van der Waals surface area contributed by atoms with Gasteiger partial charge in [-0.25, -0.2) is 4.98 Å². The number of hydrogen-bond acceptors (Lipinski definition) is 4. The van der Waals surface area contributed by atoms with Crippen LogP contribution in [0.15, 0.2) is 24.5 Å². The maximum absolute atomic E-state index is 4.54. The van der Waals surface area contributed by atoms with Crippen LogP contribution < -0.4 is 5.32 Å². The van der Waals surface area contributed by atoms with Crippen LogP contribution in [-0.2, 0) is 0 Å². The van der Waals surface area contributed by atoms with Crippen molar-refractivity contribution in [3.8, 4) is 0 Å². The first-order valence-electron chi connectivity index (χ1n) is 5.27. The maximum atomic E-state index is 4.54. The van der Waals surface area contributed by atoms with Crippen molar-refractivity contribution in [2.45, 2.75) is 26.8 Å². The lowest BCUT2D eigenvalue weighted by atomic mass is 10.2. The van der Waals surface area contributed by atoms with Crippen LogP contribution >= 0.6 is 11.3 Å². The summed E-state index contributed by atoms with van der Waals surface area (Å²) in [7, 11) is 0. The van der Waals surface area contributed by atoms with E-state index in [1.54, 1.807) is 17.5 Å². The predicted molar refractivity (Wildman–Crippen MR) is 67.9 cm³/mol. The summed E-state index contributed by atoms with van der Waals surface area (Å²) >= 11 is 1.74. The molecule has 4 heteroatoms. The van der Waals surface area contributed by atoms with Gasteiger partial charge in [0, 0.05) is 17.3 Å². The molecule has 2 rings (SSSR count). The van der Waals surface area contributed by atoms with E-state index < -0.39 is 0 Å². The van der Waals surface area contributed by atoms with E-state index in [9.17, 15) is 0 Å². The van der Waals surface area contributed by atoms with Gasteiger partial charge >= 0.3 is 0 Å². The number of thiazole rings is 1. The van der Waals surface area contributed by atoms with Crippen LogP contribution in [0.1, 0.15) is 28.5 Å². The van der Waals surface area contributed by atoms with Gasteiger partial charge in [0.2, 0.25) is 0 Å². The van der Waals surface area contributed by atoms with E-state index in [1.807, 2.05) is 25.3 Å². The molecule has 0 amide bonds. The molecule has 2 aromatic rings. The Hall–Kier alpha value is -1.42. The number of pyridine rings is 1. The molecule has 0 saturated heterocycles. The monoisotopic (exact) mass is 233 g/mol. The molecular weight excluding hydrogens is 218 g/mol. The lowest BCUT2D eigenvalue weighted by molar-refractivity contribution is 0.836. The number of nitrogens with one attached hydrogen (secondary N) is 1. The number of hydrogen-bond donors (Lipinski definition) is 1. The summed E-state index contributed by atoms with van der Waals surface area (Å²) < 4.78 is 0. The predicted octanol–water partition coefficient (Wildman–Crippen LogP) is 3.33. The Morgan fingerprint density at radius 3 is 2.75 bits per heavy atom. The minimum atomic E-state index is 0.217. The minimum absolute atomic E-state index is 0.217. The summed E-state index contributed by atoms with van der Waals surface area (Å²) in [5.41, 5.74) is 2.16. The van der Waals surface area contributed by atoms with Gasteiger partial charge in [0.1, 0.15) is 0 Å². The Morgan fingerprint density at radius 2 is 2.19 bits per heavy atom. The summed E-state index contributed by atoms with van der Waals surface area (Å²) in [6, 6.07) is 4.15. The first kappa shape index (κ1) is 11.1. The van der Waals surface area contributed by atoms with Gasteiger partial charge in [0.25, 0.3) is 0 Å². The fourth-order valence-corrected chi connectivity index (χ4v) is 2.63. The van der Waals surface area contributed by atoms with Crippen LogP contribution in [0.4, 0.5) is 5.69 Å². The third-order valence-electron chi connectivity index (χ3n) is 2.39. The SMILES string of the molecule is Cc1nc(C(C)Nc2cccnc2)c(C)s1. The van der Waals surface area contributed by atoms with Crippen LogP contribution in [-0.4, -0.2) is 9.97 Å². The molecule has 0 aliphatic heterocycles. The number of aromatic nitrogens is 2. The smallest absolute Gasteiger partial charge is 0.0901 e. The standard InChI is InChI=1S/C12H15N3S/c1-8(12-9(2)16-10(3)15-12)14-11-5-4-6-13-7-11/h4-8,14H,1-3H3. The highest BCUT2D eigenvalue weighted by Gasteiger charge is 2.12. The molecule has 0 aromatic carbocycles.